The van der Waals surface area contributed by atoms with Crippen LogP contribution < -0.4 is 0 Å². The fourth-order valence-electron chi connectivity index (χ4n) is 2.31. The van der Waals surface area contributed by atoms with Gasteiger partial charge in [-0.15, -0.1) is 0 Å². The number of nitrogens with zero attached hydrogens (tertiary/aromatic N) is 2. The molecule has 0 fully saturated rings. The van der Waals surface area contributed by atoms with Crippen molar-refractivity contribution in [2.75, 3.05) is 0 Å². The lowest BCUT2D eigenvalue weighted by Crippen LogP contribution is -1.99. The number of rotatable bonds is 1. The third-order valence-electron chi connectivity index (χ3n) is 3.25. The second-order valence-corrected chi connectivity index (χ2v) is 4.89. The van der Waals surface area contributed by atoms with Crippen molar-refractivity contribution in [1.82, 2.24) is 9.55 Å². The van der Waals surface area contributed by atoms with Crippen molar-refractivity contribution in [2.24, 2.45) is 0 Å². The minimum atomic E-state index is -0.328. The van der Waals surface area contributed by atoms with Crippen LogP contribution in [0.3, 0.4) is 0 Å². The van der Waals surface area contributed by atoms with E-state index in [0.717, 1.165) is 11.1 Å². The van der Waals surface area contributed by atoms with Crippen molar-refractivity contribution in [1.29, 1.82) is 5.26 Å². The third kappa shape index (κ3) is 1.82. The maximum Gasteiger partial charge on any atom is 0.182 e. The molecule has 3 aromatic rings. The highest BCUT2D eigenvalue weighted by molar-refractivity contribution is 7.71. The highest BCUT2D eigenvalue weighted by Crippen LogP contribution is 2.24. The number of aromatic nitrogens is 2. The smallest absolute Gasteiger partial charge is 0.182 e. The lowest BCUT2D eigenvalue weighted by Gasteiger charge is -2.08. The number of nitriles is 1. The average Bonchev–Trinajstić information content (AvgIpc) is 2.73. The van der Waals surface area contributed by atoms with Crippen LogP contribution in [0, 0.1) is 28.8 Å². The van der Waals surface area contributed by atoms with Gasteiger partial charge in [0.1, 0.15) is 11.9 Å². The van der Waals surface area contributed by atoms with Crippen LogP contribution in [0.2, 0.25) is 0 Å². The van der Waals surface area contributed by atoms with Crippen molar-refractivity contribution in [2.45, 2.75) is 6.92 Å². The summed E-state index contributed by atoms with van der Waals surface area (Å²) >= 11 is 5.30. The zero-order valence-corrected chi connectivity index (χ0v) is 11.5. The number of benzene rings is 2. The van der Waals surface area contributed by atoms with E-state index >= 15 is 0 Å². The largest absolute Gasteiger partial charge is 0.330 e. The lowest BCUT2D eigenvalue weighted by atomic mass is 10.1. The van der Waals surface area contributed by atoms with Crippen LogP contribution in [0.4, 0.5) is 4.39 Å². The lowest BCUT2D eigenvalue weighted by molar-refractivity contribution is 0.629. The summed E-state index contributed by atoms with van der Waals surface area (Å²) in [6.07, 6.45) is 0. The number of H-pyrrole nitrogens is 1. The molecule has 1 heterocycles. The molecule has 0 aliphatic carbocycles. The Hall–Kier alpha value is -2.45. The first kappa shape index (κ1) is 12.6. The maximum atomic E-state index is 13.3. The Kier molecular flexibility index (Phi) is 2.88. The molecular weight excluding hydrogens is 273 g/mol. The molecule has 1 N–H and O–H groups in total. The summed E-state index contributed by atoms with van der Waals surface area (Å²) in [5.74, 6) is -0.328. The zero-order valence-electron chi connectivity index (χ0n) is 10.6. The van der Waals surface area contributed by atoms with Gasteiger partial charge in [-0.1, -0.05) is 12.1 Å². The minimum absolute atomic E-state index is 0.328. The summed E-state index contributed by atoms with van der Waals surface area (Å²) in [6.45, 7) is 1.88. The second kappa shape index (κ2) is 4.58. The highest BCUT2D eigenvalue weighted by Gasteiger charge is 2.12. The van der Waals surface area contributed by atoms with Gasteiger partial charge in [-0.05, 0) is 49.0 Å². The molecule has 98 valence electrons. The summed E-state index contributed by atoms with van der Waals surface area (Å²) in [5, 5.41) is 9.34. The van der Waals surface area contributed by atoms with Crippen LogP contribution in [0.1, 0.15) is 11.1 Å². The summed E-state index contributed by atoms with van der Waals surface area (Å²) in [6, 6.07) is 12.2. The Morgan fingerprint density at radius 2 is 2.10 bits per heavy atom. The summed E-state index contributed by atoms with van der Waals surface area (Å²) in [4.78, 5) is 2.97. The van der Waals surface area contributed by atoms with Gasteiger partial charge in [0.15, 0.2) is 4.77 Å². The molecule has 5 heteroatoms. The Labute approximate surface area is 119 Å². The standard InChI is InChI=1S/C15H10FN3S/c1-9-3-2-4-13(11(9)8-17)19-14-6-5-10(16)7-12(14)18-15(19)20/h2-7H,1H3,(H,18,20). The molecule has 0 radical (unpaired) electrons. The van der Waals surface area contributed by atoms with Crippen molar-refractivity contribution in [3.05, 3.63) is 58.1 Å². The number of halogens is 1. The minimum Gasteiger partial charge on any atom is -0.330 e. The predicted octanol–water partition coefficient (Wildman–Crippen LogP) is 4.01. The fourth-order valence-corrected chi connectivity index (χ4v) is 2.61. The normalized spacial score (nSPS) is 10.7. The Morgan fingerprint density at radius 3 is 2.85 bits per heavy atom. The highest BCUT2D eigenvalue weighted by atomic mass is 32.1. The van der Waals surface area contributed by atoms with Gasteiger partial charge in [0.2, 0.25) is 0 Å². The van der Waals surface area contributed by atoms with Gasteiger partial charge in [0.05, 0.1) is 22.3 Å². The topological polar surface area (TPSA) is 44.5 Å². The SMILES string of the molecule is Cc1cccc(-n2c(=S)[nH]c3cc(F)ccc32)c1C#N. The zero-order chi connectivity index (χ0) is 14.3. The number of aryl methyl sites for hydroxylation is 1. The van der Waals surface area contributed by atoms with Gasteiger partial charge in [0, 0.05) is 0 Å². The van der Waals surface area contributed by atoms with E-state index in [4.69, 9.17) is 12.2 Å². The maximum absolute atomic E-state index is 13.3. The molecule has 0 saturated heterocycles. The van der Waals surface area contributed by atoms with Gasteiger partial charge >= 0.3 is 0 Å². The fraction of sp³-hybridized carbons (Fsp3) is 0.0667. The Morgan fingerprint density at radius 1 is 1.30 bits per heavy atom. The molecule has 0 aliphatic rings. The molecule has 0 aliphatic heterocycles. The molecule has 3 rings (SSSR count). The molecule has 0 amide bonds. The summed E-state index contributed by atoms with van der Waals surface area (Å²) < 4.78 is 15.5. The van der Waals surface area contributed by atoms with E-state index in [9.17, 15) is 9.65 Å². The molecule has 0 atom stereocenters. The molecule has 0 bridgehead atoms. The van der Waals surface area contributed by atoms with E-state index < -0.39 is 0 Å². The summed E-state index contributed by atoms with van der Waals surface area (Å²) in [7, 11) is 0. The molecule has 20 heavy (non-hydrogen) atoms. The van der Waals surface area contributed by atoms with Crippen LogP contribution in [0.5, 0.6) is 0 Å². The van der Waals surface area contributed by atoms with Crippen molar-refractivity contribution < 1.29 is 4.39 Å². The number of nitrogens with one attached hydrogen (secondary N) is 1. The van der Waals surface area contributed by atoms with Gasteiger partial charge in [-0.25, -0.2) is 4.39 Å². The molecule has 3 nitrogen and oxygen atoms in total. The van der Waals surface area contributed by atoms with E-state index in [1.54, 1.807) is 10.6 Å². The molecule has 1 aromatic heterocycles. The van der Waals surface area contributed by atoms with Gasteiger partial charge in [0.25, 0.3) is 0 Å². The summed E-state index contributed by atoms with van der Waals surface area (Å²) in [5.41, 5.74) is 3.51. The van der Waals surface area contributed by atoms with E-state index in [1.165, 1.54) is 12.1 Å². The number of imidazole rings is 1. The first-order valence-corrected chi connectivity index (χ1v) is 6.43. The van der Waals surface area contributed by atoms with E-state index in [0.29, 0.717) is 21.5 Å². The second-order valence-electron chi connectivity index (χ2n) is 4.51. The van der Waals surface area contributed by atoms with Gasteiger partial charge in [-0.2, -0.15) is 5.26 Å². The first-order chi connectivity index (χ1) is 9.61. The van der Waals surface area contributed by atoms with Crippen LogP contribution in [0.15, 0.2) is 36.4 Å². The predicted molar refractivity (Wildman–Crippen MR) is 77.9 cm³/mol. The quantitative estimate of drug-likeness (QED) is 0.686. The molecule has 0 saturated carbocycles. The van der Waals surface area contributed by atoms with Crippen LogP contribution in [-0.4, -0.2) is 9.55 Å². The van der Waals surface area contributed by atoms with Crippen LogP contribution >= 0.6 is 12.2 Å². The molecule has 0 unspecified atom stereocenters. The van der Waals surface area contributed by atoms with E-state index in [-0.39, 0.29) is 5.82 Å². The van der Waals surface area contributed by atoms with Crippen molar-refractivity contribution in [3.8, 4) is 11.8 Å². The Bertz CT molecular complexity index is 915. The molecular formula is C15H10FN3S. The Balaban J connectivity index is 2.42. The van der Waals surface area contributed by atoms with Crippen molar-refractivity contribution >= 4 is 23.3 Å². The monoisotopic (exact) mass is 283 g/mol. The number of fused-ring (bicyclic) bond motifs is 1. The van der Waals surface area contributed by atoms with Crippen molar-refractivity contribution in [3.63, 3.8) is 0 Å². The van der Waals surface area contributed by atoms with E-state index in [1.807, 2.05) is 25.1 Å². The van der Waals surface area contributed by atoms with E-state index in [2.05, 4.69) is 11.1 Å². The number of hydrogen-bond donors (Lipinski definition) is 1. The number of aromatic amines is 1. The molecule has 0 spiro atoms. The third-order valence-corrected chi connectivity index (χ3v) is 3.53. The average molecular weight is 283 g/mol. The first-order valence-electron chi connectivity index (χ1n) is 6.02. The number of hydrogen-bond acceptors (Lipinski definition) is 2. The van der Waals surface area contributed by atoms with Crippen LogP contribution in [-0.2, 0) is 0 Å². The van der Waals surface area contributed by atoms with Crippen LogP contribution in [0.25, 0.3) is 16.7 Å². The van der Waals surface area contributed by atoms with Gasteiger partial charge < -0.3 is 4.98 Å². The van der Waals surface area contributed by atoms with Gasteiger partial charge in [-0.3, -0.25) is 4.57 Å². The molecule has 2 aromatic carbocycles.